The second-order valence-corrected chi connectivity index (χ2v) is 5.42. The highest BCUT2D eigenvalue weighted by Gasteiger charge is 2.19. The molecule has 0 bridgehead atoms. The normalized spacial score (nSPS) is 14.3. The molecular weight excluding hydrogens is 260 g/mol. The fourth-order valence-electron chi connectivity index (χ4n) is 2.10. The zero-order valence-corrected chi connectivity index (χ0v) is 12.6. The van der Waals surface area contributed by atoms with Crippen molar-refractivity contribution in [3.05, 3.63) is 48.8 Å². The van der Waals surface area contributed by atoms with Crippen molar-refractivity contribution in [1.82, 2.24) is 10.6 Å². The molecule has 21 heavy (non-hydrogen) atoms. The molecule has 0 atom stereocenters. The molecule has 0 amide bonds. The van der Waals surface area contributed by atoms with Gasteiger partial charge in [-0.2, -0.15) is 0 Å². The monoisotopic (exact) mass is 286 g/mol. The highest BCUT2D eigenvalue weighted by molar-refractivity contribution is 5.64. The van der Waals surface area contributed by atoms with E-state index in [-0.39, 0.29) is 0 Å². The summed E-state index contributed by atoms with van der Waals surface area (Å²) < 4.78 is 0. The molecule has 5 N–H and O–H groups in total. The van der Waals surface area contributed by atoms with E-state index in [9.17, 15) is 0 Å². The highest BCUT2D eigenvalue weighted by Crippen LogP contribution is 2.18. The van der Waals surface area contributed by atoms with Gasteiger partial charge in [-0.15, -0.1) is 0 Å². The Morgan fingerprint density at radius 1 is 1.19 bits per heavy atom. The molecule has 0 aromatic heterocycles. The number of hydrogen-bond acceptors (Lipinski definition) is 4. The van der Waals surface area contributed by atoms with Gasteiger partial charge in [0.2, 0.25) is 0 Å². The van der Waals surface area contributed by atoms with Gasteiger partial charge in [0.25, 0.3) is 0 Å². The molecule has 114 valence electrons. The lowest BCUT2D eigenvalue weighted by Gasteiger charge is -2.10. The maximum Gasteiger partial charge on any atom is 0.0380 e. The second kappa shape index (κ2) is 8.37. The van der Waals surface area contributed by atoms with Gasteiger partial charge >= 0.3 is 0 Å². The Balaban J connectivity index is 1.62. The summed E-state index contributed by atoms with van der Waals surface area (Å²) >= 11 is 0. The molecule has 1 aliphatic carbocycles. The van der Waals surface area contributed by atoms with Gasteiger partial charge in [-0.05, 0) is 49.9 Å². The van der Waals surface area contributed by atoms with E-state index in [1.54, 1.807) is 6.20 Å². The molecule has 0 radical (unpaired) electrons. The number of nitrogens with one attached hydrogen (secondary N) is 3. The molecule has 0 unspecified atom stereocenters. The third kappa shape index (κ3) is 5.92. The van der Waals surface area contributed by atoms with Gasteiger partial charge in [0.1, 0.15) is 0 Å². The van der Waals surface area contributed by atoms with Crippen LogP contribution in [-0.4, -0.2) is 19.1 Å². The Labute approximate surface area is 127 Å². The number of nitrogens with two attached hydrogens (primary N) is 1. The molecule has 0 saturated heterocycles. The van der Waals surface area contributed by atoms with Gasteiger partial charge in [0, 0.05) is 36.4 Å². The van der Waals surface area contributed by atoms with Gasteiger partial charge in [0.15, 0.2) is 0 Å². The zero-order valence-electron chi connectivity index (χ0n) is 12.6. The van der Waals surface area contributed by atoms with Crippen LogP contribution in [0, 0.1) is 0 Å². The third-order valence-electron chi connectivity index (χ3n) is 3.53. The van der Waals surface area contributed by atoms with Gasteiger partial charge in [-0.1, -0.05) is 18.7 Å². The zero-order chi connectivity index (χ0) is 14.9. The van der Waals surface area contributed by atoms with Crippen LogP contribution in [0.5, 0.6) is 0 Å². The van der Waals surface area contributed by atoms with Crippen LogP contribution in [0.2, 0.25) is 0 Å². The number of unbranched alkanes of at least 4 members (excludes halogenated alkanes) is 1. The lowest BCUT2D eigenvalue weighted by atomic mass is 10.1. The molecule has 4 heteroatoms. The van der Waals surface area contributed by atoms with Crippen molar-refractivity contribution in [2.75, 3.05) is 18.4 Å². The van der Waals surface area contributed by atoms with Crippen LogP contribution in [0.1, 0.15) is 31.2 Å². The van der Waals surface area contributed by atoms with E-state index < -0.39 is 0 Å². The van der Waals surface area contributed by atoms with Crippen LogP contribution in [0.15, 0.2) is 43.2 Å². The number of benzene rings is 1. The average Bonchev–Trinajstić information content (AvgIpc) is 3.33. The largest absolute Gasteiger partial charge is 0.403 e. The maximum atomic E-state index is 5.29. The Kier molecular flexibility index (Phi) is 6.16. The molecule has 1 saturated carbocycles. The fourth-order valence-corrected chi connectivity index (χ4v) is 2.10. The van der Waals surface area contributed by atoms with Crippen molar-refractivity contribution in [2.24, 2.45) is 5.73 Å². The first-order chi connectivity index (χ1) is 10.3. The molecule has 0 heterocycles. The number of hydrogen-bond donors (Lipinski definition) is 4. The Morgan fingerprint density at radius 3 is 2.57 bits per heavy atom. The second-order valence-electron chi connectivity index (χ2n) is 5.42. The number of rotatable bonds is 10. The fraction of sp³-hybridized carbons (Fsp3) is 0.412. The summed E-state index contributed by atoms with van der Waals surface area (Å²) in [5, 5.41) is 9.99. The summed E-state index contributed by atoms with van der Waals surface area (Å²) in [5.41, 5.74) is 8.40. The van der Waals surface area contributed by atoms with Crippen LogP contribution in [-0.2, 0) is 0 Å². The van der Waals surface area contributed by atoms with Gasteiger partial charge < -0.3 is 21.7 Å². The first kappa shape index (κ1) is 15.4. The Hall–Kier alpha value is -1.94. The Bertz CT molecular complexity index is 460. The van der Waals surface area contributed by atoms with Crippen LogP contribution in [0.4, 0.5) is 5.69 Å². The van der Waals surface area contributed by atoms with E-state index in [2.05, 4.69) is 34.7 Å². The average molecular weight is 286 g/mol. The summed E-state index contributed by atoms with van der Waals surface area (Å²) in [4.78, 5) is 0. The minimum atomic E-state index is 0.814. The smallest absolute Gasteiger partial charge is 0.0380 e. The van der Waals surface area contributed by atoms with Crippen molar-refractivity contribution in [3.63, 3.8) is 0 Å². The lowest BCUT2D eigenvalue weighted by molar-refractivity contribution is 0.612. The predicted molar refractivity (Wildman–Crippen MR) is 90.7 cm³/mol. The quantitative estimate of drug-likeness (QED) is 0.499. The van der Waals surface area contributed by atoms with E-state index in [1.165, 1.54) is 31.9 Å². The van der Waals surface area contributed by atoms with E-state index in [4.69, 9.17) is 5.73 Å². The molecule has 1 aromatic carbocycles. The van der Waals surface area contributed by atoms with Gasteiger partial charge in [-0.3, -0.25) is 0 Å². The predicted octanol–water partition coefficient (Wildman–Crippen LogP) is 2.62. The molecular formula is C17H26N4. The minimum absolute atomic E-state index is 0.814. The summed E-state index contributed by atoms with van der Waals surface area (Å²) in [5.74, 6) is 0. The lowest BCUT2D eigenvalue weighted by Crippen LogP contribution is -2.19. The van der Waals surface area contributed by atoms with Crippen LogP contribution < -0.4 is 21.7 Å². The number of anilines is 1. The molecule has 4 nitrogen and oxygen atoms in total. The van der Waals surface area contributed by atoms with E-state index >= 15 is 0 Å². The van der Waals surface area contributed by atoms with Crippen molar-refractivity contribution in [1.29, 1.82) is 0 Å². The summed E-state index contributed by atoms with van der Waals surface area (Å²) in [6, 6.07) is 8.95. The molecule has 0 aliphatic heterocycles. The molecule has 1 aliphatic rings. The molecule has 0 spiro atoms. The maximum absolute atomic E-state index is 5.29. The standard InChI is InChI=1S/C17H26N4/c1-14(19-11-2-3-12-20-17-8-9-17)15-4-6-16(7-5-15)21-13-10-18/h4-7,10,13,17,19-21H,1-3,8-9,11-12,18H2/b13-10-. The van der Waals surface area contributed by atoms with Crippen molar-refractivity contribution in [3.8, 4) is 0 Å². The van der Waals surface area contributed by atoms with Crippen molar-refractivity contribution >= 4 is 11.4 Å². The summed E-state index contributed by atoms with van der Waals surface area (Å²) in [7, 11) is 0. The SMILES string of the molecule is C=C(NCCCCNC1CC1)c1ccc(N/C=C\N)cc1. The van der Waals surface area contributed by atoms with Crippen LogP contribution >= 0.6 is 0 Å². The highest BCUT2D eigenvalue weighted by atomic mass is 14.9. The van der Waals surface area contributed by atoms with Crippen LogP contribution in [0.3, 0.4) is 0 Å². The van der Waals surface area contributed by atoms with Crippen LogP contribution in [0.25, 0.3) is 5.70 Å². The first-order valence-corrected chi connectivity index (χ1v) is 7.69. The van der Waals surface area contributed by atoms with Crippen molar-refractivity contribution < 1.29 is 0 Å². The van der Waals surface area contributed by atoms with Crippen molar-refractivity contribution in [2.45, 2.75) is 31.7 Å². The third-order valence-corrected chi connectivity index (χ3v) is 3.53. The Morgan fingerprint density at radius 2 is 1.90 bits per heavy atom. The summed E-state index contributed by atoms with van der Waals surface area (Å²) in [6.07, 6.45) is 8.29. The van der Waals surface area contributed by atoms with E-state index in [0.717, 1.165) is 36.1 Å². The topological polar surface area (TPSA) is 62.1 Å². The molecule has 1 fully saturated rings. The first-order valence-electron chi connectivity index (χ1n) is 7.69. The molecule has 2 rings (SSSR count). The van der Waals surface area contributed by atoms with Gasteiger partial charge in [0.05, 0.1) is 0 Å². The van der Waals surface area contributed by atoms with Gasteiger partial charge in [-0.25, -0.2) is 0 Å². The summed E-state index contributed by atoms with van der Waals surface area (Å²) in [6.45, 7) is 6.20. The molecule has 1 aromatic rings. The van der Waals surface area contributed by atoms with E-state index in [0.29, 0.717) is 0 Å². The van der Waals surface area contributed by atoms with E-state index in [1.807, 2.05) is 12.1 Å². The minimum Gasteiger partial charge on any atom is -0.403 e.